The molecule has 1 aromatic carbocycles. The zero-order valence-corrected chi connectivity index (χ0v) is 14.2. The second-order valence-electron chi connectivity index (χ2n) is 6.09. The van der Waals surface area contributed by atoms with Crippen LogP contribution >= 0.6 is 0 Å². The number of benzene rings is 1. The lowest BCUT2D eigenvalue weighted by molar-refractivity contribution is -0.114. The Bertz CT molecular complexity index is 1110. The van der Waals surface area contributed by atoms with E-state index in [1.165, 1.54) is 12.7 Å². The van der Waals surface area contributed by atoms with Gasteiger partial charge in [-0.05, 0) is 24.1 Å². The standard InChI is InChI=1S/C20H16N4O2/c1-12(2)16(25)7-13-4-3-5-14(6-13)19-18-15(17-9-21-11-26-17)8-22-20(18)24-10-23-19/h3-6,8-11H,1,7H2,2H3,(H,22,23,24). The maximum Gasteiger partial charge on any atom is 0.181 e. The summed E-state index contributed by atoms with van der Waals surface area (Å²) in [5.74, 6) is 0.667. The number of Topliss-reactive ketones (excluding diaryl/α,β-unsaturated/α-hetero) is 1. The Labute approximate surface area is 149 Å². The SMILES string of the molecule is C=C(C)C(=O)Cc1cccc(-c2ncnc3[nH]cc(-c4cnco4)c23)c1. The zero-order chi connectivity index (χ0) is 18.1. The van der Waals surface area contributed by atoms with Gasteiger partial charge in [0.25, 0.3) is 0 Å². The number of hydrogen-bond acceptors (Lipinski definition) is 5. The Hall–Kier alpha value is -3.54. The third kappa shape index (κ3) is 2.82. The van der Waals surface area contributed by atoms with E-state index in [0.29, 0.717) is 23.4 Å². The number of allylic oxidation sites excluding steroid dienone is 1. The molecule has 0 aliphatic heterocycles. The van der Waals surface area contributed by atoms with Crippen LogP contribution in [0.4, 0.5) is 0 Å². The van der Waals surface area contributed by atoms with Crippen molar-refractivity contribution in [3.05, 3.63) is 67.1 Å². The summed E-state index contributed by atoms with van der Waals surface area (Å²) in [5, 5.41) is 0.854. The number of H-pyrrole nitrogens is 1. The number of ketones is 1. The molecule has 4 rings (SSSR count). The normalized spacial score (nSPS) is 11.0. The number of aromatic amines is 1. The van der Waals surface area contributed by atoms with E-state index in [4.69, 9.17) is 4.42 Å². The molecule has 3 heterocycles. The van der Waals surface area contributed by atoms with Crippen LogP contribution < -0.4 is 0 Å². The molecule has 1 N–H and O–H groups in total. The smallest absolute Gasteiger partial charge is 0.181 e. The van der Waals surface area contributed by atoms with Crippen LogP contribution in [-0.2, 0) is 11.2 Å². The summed E-state index contributed by atoms with van der Waals surface area (Å²) in [7, 11) is 0. The van der Waals surface area contributed by atoms with Crippen molar-refractivity contribution < 1.29 is 9.21 Å². The summed E-state index contributed by atoms with van der Waals surface area (Å²) in [4.78, 5) is 27.9. The van der Waals surface area contributed by atoms with E-state index < -0.39 is 0 Å². The lowest BCUT2D eigenvalue weighted by Crippen LogP contribution is -2.03. The number of aromatic nitrogens is 4. The van der Waals surface area contributed by atoms with Crippen molar-refractivity contribution in [2.24, 2.45) is 0 Å². The van der Waals surface area contributed by atoms with Crippen LogP contribution in [0.15, 0.2) is 65.9 Å². The van der Waals surface area contributed by atoms with E-state index in [-0.39, 0.29) is 5.78 Å². The summed E-state index contributed by atoms with van der Waals surface area (Å²) in [6, 6.07) is 7.79. The fraction of sp³-hybridized carbons (Fsp3) is 0.100. The maximum absolute atomic E-state index is 12.0. The van der Waals surface area contributed by atoms with Crippen molar-refractivity contribution in [2.75, 3.05) is 0 Å². The second-order valence-corrected chi connectivity index (χ2v) is 6.09. The predicted octanol–water partition coefficient (Wildman–Crippen LogP) is 3.97. The first-order chi connectivity index (χ1) is 12.6. The quantitative estimate of drug-likeness (QED) is 0.554. The van der Waals surface area contributed by atoms with Crippen molar-refractivity contribution in [2.45, 2.75) is 13.3 Å². The zero-order valence-electron chi connectivity index (χ0n) is 14.2. The first-order valence-electron chi connectivity index (χ1n) is 8.12. The number of carbonyl (C=O) groups is 1. The van der Waals surface area contributed by atoms with Crippen molar-refractivity contribution in [1.29, 1.82) is 0 Å². The summed E-state index contributed by atoms with van der Waals surface area (Å²) >= 11 is 0. The van der Waals surface area contributed by atoms with E-state index in [1.54, 1.807) is 13.1 Å². The third-order valence-electron chi connectivity index (χ3n) is 4.21. The van der Waals surface area contributed by atoms with E-state index >= 15 is 0 Å². The molecule has 0 fully saturated rings. The molecule has 6 heteroatoms. The number of carbonyl (C=O) groups excluding carboxylic acids is 1. The third-order valence-corrected chi connectivity index (χ3v) is 4.21. The van der Waals surface area contributed by atoms with Gasteiger partial charge in [-0.2, -0.15) is 0 Å². The lowest BCUT2D eigenvalue weighted by atomic mass is 9.99. The van der Waals surface area contributed by atoms with Crippen LogP contribution in [0.2, 0.25) is 0 Å². The lowest BCUT2D eigenvalue weighted by Gasteiger charge is -2.07. The molecule has 26 heavy (non-hydrogen) atoms. The minimum Gasteiger partial charge on any atom is -0.443 e. The Balaban J connectivity index is 1.84. The fourth-order valence-electron chi connectivity index (χ4n) is 2.89. The molecule has 0 bridgehead atoms. The molecular weight excluding hydrogens is 328 g/mol. The summed E-state index contributed by atoms with van der Waals surface area (Å²) in [6.45, 7) is 5.44. The van der Waals surface area contributed by atoms with Crippen LogP contribution in [0.1, 0.15) is 12.5 Å². The van der Waals surface area contributed by atoms with Gasteiger partial charge >= 0.3 is 0 Å². The molecule has 0 amide bonds. The molecule has 0 atom stereocenters. The van der Waals surface area contributed by atoms with Gasteiger partial charge in [0.15, 0.2) is 17.9 Å². The number of oxazole rings is 1. The van der Waals surface area contributed by atoms with Crippen molar-refractivity contribution in [3.8, 4) is 22.6 Å². The topological polar surface area (TPSA) is 84.7 Å². The Morgan fingerprint density at radius 3 is 2.96 bits per heavy atom. The van der Waals surface area contributed by atoms with Crippen LogP contribution in [0.25, 0.3) is 33.6 Å². The summed E-state index contributed by atoms with van der Waals surface area (Å²) in [6.07, 6.45) is 6.71. The highest BCUT2D eigenvalue weighted by Crippen LogP contribution is 2.34. The average Bonchev–Trinajstić information content (AvgIpc) is 3.30. The van der Waals surface area contributed by atoms with Gasteiger partial charge in [-0.15, -0.1) is 0 Å². The van der Waals surface area contributed by atoms with Gasteiger partial charge in [-0.3, -0.25) is 4.79 Å². The van der Waals surface area contributed by atoms with Gasteiger partial charge < -0.3 is 9.40 Å². The fourth-order valence-corrected chi connectivity index (χ4v) is 2.89. The molecule has 6 nitrogen and oxygen atoms in total. The maximum atomic E-state index is 12.0. The van der Waals surface area contributed by atoms with Crippen LogP contribution in [0.5, 0.6) is 0 Å². The van der Waals surface area contributed by atoms with E-state index in [9.17, 15) is 4.79 Å². The van der Waals surface area contributed by atoms with Crippen LogP contribution in [0, 0.1) is 0 Å². The largest absolute Gasteiger partial charge is 0.443 e. The monoisotopic (exact) mass is 344 g/mol. The molecule has 4 aromatic rings. The minimum absolute atomic E-state index is 0.0268. The molecule has 0 aliphatic carbocycles. The minimum atomic E-state index is 0.0268. The van der Waals surface area contributed by atoms with Crippen LogP contribution in [-0.4, -0.2) is 25.7 Å². The number of nitrogens with one attached hydrogen (secondary N) is 1. The van der Waals surface area contributed by atoms with Gasteiger partial charge in [0, 0.05) is 23.7 Å². The highest BCUT2D eigenvalue weighted by molar-refractivity contribution is 6.01. The molecule has 0 saturated carbocycles. The molecule has 0 saturated heterocycles. The second kappa shape index (κ2) is 6.40. The summed E-state index contributed by atoms with van der Waals surface area (Å²) in [5.41, 5.74) is 4.70. The Morgan fingerprint density at radius 1 is 1.31 bits per heavy atom. The van der Waals surface area contributed by atoms with Gasteiger partial charge in [0.05, 0.1) is 17.3 Å². The molecule has 0 radical (unpaired) electrons. The van der Waals surface area contributed by atoms with Crippen molar-refractivity contribution in [1.82, 2.24) is 19.9 Å². The number of hydrogen-bond donors (Lipinski definition) is 1. The molecule has 0 unspecified atom stereocenters. The molecule has 3 aromatic heterocycles. The first kappa shape index (κ1) is 16.0. The van der Waals surface area contributed by atoms with Crippen molar-refractivity contribution >= 4 is 16.8 Å². The Morgan fingerprint density at radius 2 is 2.19 bits per heavy atom. The van der Waals surface area contributed by atoms with Crippen molar-refractivity contribution in [3.63, 3.8) is 0 Å². The molecular formula is C20H16N4O2. The highest BCUT2D eigenvalue weighted by Gasteiger charge is 2.16. The number of fused-ring (bicyclic) bond motifs is 1. The number of nitrogens with zero attached hydrogens (tertiary/aromatic N) is 3. The average molecular weight is 344 g/mol. The predicted molar refractivity (Wildman–Crippen MR) is 98.3 cm³/mol. The first-order valence-corrected chi connectivity index (χ1v) is 8.12. The molecule has 0 aliphatic rings. The summed E-state index contributed by atoms with van der Waals surface area (Å²) < 4.78 is 5.44. The Kier molecular flexibility index (Phi) is 3.93. The molecule has 0 spiro atoms. The van der Waals surface area contributed by atoms with E-state index in [2.05, 4.69) is 26.5 Å². The van der Waals surface area contributed by atoms with Crippen LogP contribution in [0.3, 0.4) is 0 Å². The van der Waals surface area contributed by atoms with Gasteiger partial charge in [0.1, 0.15) is 12.0 Å². The van der Waals surface area contributed by atoms with Gasteiger partial charge in [-0.1, -0.05) is 24.8 Å². The van der Waals surface area contributed by atoms with Gasteiger partial charge in [0.2, 0.25) is 0 Å². The van der Waals surface area contributed by atoms with E-state index in [1.807, 2.05) is 30.5 Å². The van der Waals surface area contributed by atoms with Gasteiger partial charge in [-0.25, -0.2) is 15.0 Å². The molecule has 128 valence electrons. The highest BCUT2D eigenvalue weighted by atomic mass is 16.3. The van der Waals surface area contributed by atoms with E-state index in [0.717, 1.165) is 27.8 Å². The number of rotatable bonds is 5.